The van der Waals surface area contributed by atoms with Gasteiger partial charge in [-0.1, -0.05) is 54.6 Å². The molecule has 7 heteroatoms. The first-order valence-corrected chi connectivity index (χ1v) is 12.1. The van der Waals surface area contributed by atoms with Gasteiger partial charge in [0.25, 0.3) is 0 Å². The summed E-state index contributed by atoms with van der Waals surface area (Å²) >= 11 is 0. The Hall–Kier alpha value is -2.93. The molecule has 3 aromatic rings. The Morgan fingerprint density at radius 2 is 1.87 bits per heavy atom. The number of fused-ring (bicyclic) bond motifs is 1. The molecule has 2 aromatic carbocycles. The van der Waals surface area contributed by atoms with Crippen LogP contribution >= 0.6 is 0 Å². The zero-order chi connectivity index (χ0) is 21.1. The number of carbonyl (C=O) groups excluding carboxylic acids is 1. The Balaban J connectivity index is 1.72. The molecule has 0 saturated carbocycles. The van der Waals surface area contributed by atoms with Gasteiger partial charge in [0.2, 0.25) is 5.91 Å². The van der Waals surface area contributed by atoms with Crippen LogP contribution in [0.4, 0.5) is 0 Å². The van der Waals surface area contributed by atoms with Crippen molar-refractivity contribution in [1.82, 2.24) is 15.1 Å². The number of amides is 1. The number of carbonyl (C=O) groups is 1. The van der Waals surface area contributed by atoms with Crippen molar-refractivity contribution in [2.75, 3.05) is 12.0 Å². The van der Waals surface area contributed by atoms with E-state index < -0.39 is 15.6 Å². The first-order chi connectivity index (χ1) is 14.4. The summed E-state index contributed by atoms with van der Waals surface area (Å²) < 4.78 is 23.8. The van der Waals surface area contributed by atoms with Crippen LogP contribution in [-0.2, 0) is 27.6 Å². The van der Waals surface area contributed by atoms with E-state index in [0.717, 1.165) is 47.9 Å². The molecule has 0 radical (unpaired) electrons. The second kappa shape index (κ2) is 8.44. The number of aryl methyl sites for hydroxylation is 1. The van der Waals surface area contributed by atoms with Crippen molar-refractivity contribution >= 4 is 15.7 Å². The Morgan fingerprint density at radius 1 is 1.13 bits per heavy atom. The summed E-state index contributed by atoms with van der Waals surface area (Å²) in [4.78, 5) is 14.9. The molecule has 1 N–H and O–H groups in total. The van der Waals surface area contributed by atoms with Crippen LogP contribution in [0.1, 0.15) is 35.6 Å². The largest absolute Gasteiger partial charge is 0.330 e. The van der Waals surface area contributed by atoms with Crippen molar-refractivity contribution in [2.45, 2.75) is 31.8 Å². The highest BCUT2D eigenvalue weighted by Gasteiger charge is 2.31. The van der Waals surface area contributed by atoms with Crippen LogP contribution in [0, 0.1) is 0 Å². The SMILES string of the molecule is CS(=O)(=O)CC(=O)N(Cc1cn[nH]c1-c1ccccc1)C1CCCc2ccccc21. The summed E-state index contributed by atoms with van der Waals surface area (Å²) in [5, 5.41) is 7.22. The molecule has 0 spiro atoms. The van der Waals surface area contributed by atoms with Crippen LogP contribution < -0.4 is 0 Å². The third-order valence-electron chi connectivity index (χ3n) is 5.54. The number of hydrogen-bond acceptors (Lipinski definition) is 4. The molecule has 1 amide bonds. The maximum atomic E-state index is 13.2. The Morgan fingerprint density at radius 3 is 2.63 bits per heavy atom. The quantitative estimate of drug-likeness (QED) is 0.657. The third-order valence-corrected chi connectivity index (χ3v) is 6.31. The number of nitrogens with zero attached hydrogens (tertiary/aromatic N) is 2. The van der Waals surface area contributed by atoms with E-state index in [1.807, 2.05) is 48.5 Å². The van der Waals surface area contributed by atoms with Gasteiger partial charge in [0.1, 0.15) is 5.75 Å². The van der Waals surface area contributed by atoms with Crippen LogP contribution in [0.15, 0.2) is 60.8 Å². The molecule has 6 nitrogen and oxygen atoms in total. The number of rotatable bonds is 6. The minimum atomic E-state index is -3.44. The van der Waals surface area contributed by atoms with Crippen LogP contribution in [0.3, 0.4) is 0 Å². The Kier molecular flexibility index (Phi) is 5.72. The zero-order valence-corrected chi connectivity index (χ0v) is 17.7. The molecule has 156 valence electrons. The molecule has 30 heavy (non-hydrogen) atoms. The standard InChI is InChI=1S/C23H25N3O3S/c1-30(28,29)16-22(27)26(21-13-7-11-17-8-5-6-12-20(17)21)15-19-14-24-25-23(19)18-9-3-2-4-10-18/h2-6,8-10,12,14,21H,7,11,13,15-16H2,1H3,(H,24,25). The lowest BCUT2D eigenvalue weighted by molar-refractivity contribution is -0.132. The third kappa shape index (κ3) is 4.46. The van der Waals surface area contributed by atoms with Gasteiger partial charge in [-0.25, -0.2) is 8.42 Å². The summed E-state index contributed by atoms with van der Waals surface area (Å²) in [5.41, 5.74) is 5.02. The number of nitrogens with one attached hydrogen (secondary N) is 1. The average molecular weight is 424 g/mol. The fourth-order valence-corrected chi connectivity index (χ4v) is 4.82. The van der Waals surface area contributed by atoms with Gasteiger partial charge in [-0.15, -0.1) is 0 Å². The van der Waals surface area contributed by atoms with Crippen LogP contribution in [0.2, 0.25) is 0 Å². The highest BCUT2D eigenvalue weighted by atomic mass is 32.2. The van der Waals surface area contributed by atoms with Gasteiger partial charge in [0, 0.05) is 11.8 Å². The predicted molar refractivity (Wildman–Crippen MR) is 116 cm³/mol. The van der Waals surface area contributed by atoms with Crippen LogP contribution in [0.5, 0.6) is 0 Å². The molecule has 0 fully saturated rings. The van der Waals surface area contributed by atoms with E-state index in [9.17, 15) is 13.2 Å². The monoisotopic (exact) mass is 423 g/mol. The number of H-pyrrole nitrogens is 1. The lowest BCUT2D eigenvalue weighted by Gasteiger charge is -2.36. The summed E-state index contributed by atoms with van der Waals surface area (Å²) in [7, 11) is -3.44. The maximum absolute atomic E-state index is 13.2. The average Bonchev–Trinajstić information content (AvgIpc) is 3.19. The van der Waals surface area contributed by atoms with Crippen molar-refractivity contribution in [1.29, 1.82) is 0 Å². The molecule has 0 aliphatic heterocycles. The van der Waals surface area contributed by atoms with Gasteiger partial charge in [-0.3, -0.25) is 9.89 Å². The fourth-order valence-electron chi connectivity index (χ4n) is 4.20. The van der Waals surface area contributed by atoms with Crippen molar-refractivity contribution in [3.8, 4) is 11.3 Å². The number of benzene rings is 2. The normalized spacial score (nSPS) is 16.1. The smallest absolute Gasteiger partial charge is 0.238 e. The van der Waals surface area contributed by atoms with E-state index in [-0.39, 0.29) is 11.9 Å². The van der Waals surface area contributed by atoms with Gasteiger partial charge in [-0.05, 0) is 36.0 Å². The molecular formula is C23H25N3O3S. The second-order valence-electron chi connectivity index (χ2n) is 7.83. The van der Waals surface area contributed by atoms with Gasteiger partial charge < -0.3 is 4.90 Å². The van der Waals surface area contributed by atoms with E-state index in [1.165, 1.54) is 5.56 Å². The molecule has 1 atom stereocenters. The number of aromatic nitrogens is 2. The molecule has 1 aromatic heterocycles. The van der Waals surface area contributed by atoms with Crippen molar-refractivity contribution in [3.05, 3.63) is 77.5 Å². The van der Waals surface area contributed by atoms with E-state index in [2.05, 4.69) is 16.3 Å². The Bertz CT molecular complexity index is 1140. The number of aromatic amines is 1. The van der Waals surface area contributed by atoms with E-state index in [1.54, 1.807) is 11.1 Å². The summed E-state index contributed by atoms with van der Waals surface area (Å²) in [6.45, 7) is 0.300. The van der Waals surface area contributed by atoms with Crippen molar-refractivity contribution < 1.29 is 13.2 Å². The molecule has 1 heterocycles. The number of hydrogen-bond donors (Lipinski definition) is 1. The molecule has 1 aliphatic carbocycles. The fraction of sp³-hybridized carbons (Fsp3) is 0.304. The maximum Gasteiger partial charge on any atom is 0.238 e. The minimum Gasteiger partial charge on any atom is -0.330 e. The van der Waals surface area contributed by atoms with Gasteiger partial charge in [0.15, 0.2) is 9.84 Å². The van der Waals surface area contributed by atoms with Crippen molar-refractivity contribution in [3.63, 3.8) is 0 Å². The summed E-state index contributed by atoms with van der Waals surface area (Å²) in [6.07, 6.45) is 5.57. The molecule has 1 unspecified atom stereocenters. The highest BCUT2D eigenvalue weighted by Crippen LogP contribution is 2.36. The highest BCUT2D eigenvalue weighted by molar-refractivity contribution is 7.91. The molecule has 0 bridgehead atoms. The summed E-state index contributed by atoms with van der Waals surface area (Å²) in [6, 6.07) is 17.8. The topological polar surface area (TPSA) is 83.1 Å². The zero-order valence-electron chi connectivity index (χ0n) is 16.9. The van der Waals surface area contributed by atoms with E-state index >= 15 is 0 Å². The van der Waals surface area contributed by atoms with Gasteiger partial charge in [-0.2, -0.15) is 5.10 Å². The van der Waals surface area contributed by atoms with Gasteiger partial charge in [0.05, 0.1) is 24.5 Å². The minimum absolute atomic E-state index is 0.150. The first kappa shape index (κ1) is 20.3. The van der Waals surface area contributed by atoms with Crippen LogP contribution in [0.25, 0.3) is 11.3 Å². The number of sulfone groups is 1. The molecule has 4 rings (SSSR count). The second-order valence-corrected chi connectivity index (χ2v) is 9.98. The predicted octanol–water partition coefficient (Wildman–Crippen LogP) is 3.53. The van der Waals surface area contributed by atoms with E-state index in [0.29, 0.717) is 6.54 Å². The first-order valence-electron chi connectivity index (χ1n) is 10.0. The lowest BCUT2D eigenvalue weighted by atomic mass is 9.86. The van der Waals surface area contributed by atoms with E-state index in [4.69, 9.17) is 0 Å². The molecule has 1 aliphatic rings. The lowest BCUT2D eigenvalue weighted by Crippen LogP contribution is -2.39. The van der Waals surface area contributed by atoms with Gasteiger partial charge >= 0.3 is 0 Å². The van der Waals surface area contributed by atoms with Crippen LogP contribution in [-0.4, -0.2) is 41.4 Å². The molecular weight excluding hydrogens is 398 g/mol. The summed E-state index contributed by atoms with van der Waals surface area (Å²) in [5.74, 6) is -0.871. The van der Waals surface area contributed by atoms with Crippen molar-refractivity contribution in [2.24, 2.45) is 0 Å². The Labute approximate surface area is 176 Å². The molecule has 0 saturated heterocycles.